The second kappa shape index (κ2) is 6.94. The van der Waals surface area contributed by atoms with Crippen LogP contribution in [0.3, 0.4) is 0 Å². The standard InChI is InChI=1S/C18H24F2N4O2S.H2/c1-5-11(2)24(27(4,25)26)10-13-8-16(20)14(9-15(13)19)18(6-7-18)17-21-12(3)22-23-17;/h8-9,11H,5-7,10H2,1-4H3,(H,21,22,23);1H/t11-;/m0./s1. The molecule has 1 atom stereocenters. The van der Waals surface area contributed by atoms with Gasteiger partial charge in [-0.2, -0.15) is 9.40 Å². The highest BCUT2D eigenvalue weighted by molar-refractivity contribution is 7.88. The highest BCUT2D eigenvalue weighted by Crippen LogP contribution is 2.53. The van der Waals surface area contributed by atoms with Gasteiger partial charge in [-0.15, -0.1) is 0 Å². The molecular weight excluding hydrogens is 374 g/mol. The zero-order valence-electron chi connectivity index (χ0n) is 15.9. The van der Waals surface area contributed by atoms with Gasteiger partial charge in [0, 0.05) is 25.1 Å². The number of nitrogens with one attached hydrogen (secondary N) is 1. The third kappa shape index (κ3) is 3.75. The molecule has 150 valence electrons. The van der Waals surface area contributed by atoms with Crippen LogP contribution in [-0.2, 0) is 22.0 Å². The van der Waals surface area contributed by atoms with Crippen molar-refractivity contribution in [2.75, 3.05) is 6.26 Å². The van der Waals surface area contributed by atoms with Crippen LogP contribution in [0.15, 0.2) is 12.1 Å². The summed E-state index contributed by atoms with van der Waals surface area (Å²) >= 11 is 0. The van der Waals surface area contributed by atoms with Gasteiger partial charge < -0.3 is 0 Å². The van der Waals surface area contributed by atoms with E-state index in [2.05, 4.69) is 15.2 Å². The largest absolute Gasteiger partial charge is 0.263 e. The minimum atomic E-state index is -3.55. The molecule has 6 nitrogen and oxygen atoms in total. The molecule has 1 heterocycles. The number of aromatic amines is 1. The smallest absolute Gasteiger partial charge is 0.211 e. The van der Waals surface area contributed by atoms with Gasteiger partial charge in [-0.05, 0) is 45.2 Å². The fourth-order valence-corrected chi connectivity index (χ4v) is 4.52. The van der Waals surface area contributed by atoms with Crippen LogP contribution in [0.2, 0.25) is 0 Å². The summed E-state index contributed by atoms with van der Waals surface area (Å²) in [4.78, 5) is 4.29. The van der Waals surface area contributed by atoms with E-state index in [9.17, 15) is 17.2 Å². The average molecular weight is 400 g/mol. The van der Waals surface area contributed by atoms with E-state index < -0.39 is 27.1 Å². The maximum absolute atomic E-state index is 14.9. The molecular formula is C18H26F2N4O2S. The van der Waals surface area contributed by atoms with Gasteiger partial charge in [-0.3, -0.25) is 5.10 Å². The van der Waals surface area contributed by atoms with E-state index in [1.54, 1.807) is 13.8 Å². The van der Waals surface area contributed by atoms with Crippen LogP contribution in [0.5, 0.6) is 0 Å². The monoisotopic (exact) mass is 400 g/mol. The van der Waals surface area contributed by atoms with Crippen molar-refractivity contribution in [1.82, 2.24) is 19.5 Å². The summed E-state index contributed by atoms with van der Waals surface area (Å²) in [5.41, 5.74) is -0.470. The molecule has 2 aromatic rings. The van der Waals surface area contributed by atoms with Crippen molar-refractivity contribution in [3.05, 3.63) is 46.5 Å². The second-order valence-electron chi connectivity index (χ2n) is 7.32. The number of rotatable bonds is 7. The Labute approximate surface area is 159 Å². The van der Waals surface area contributed by atoms with Gasteiger partial charge >= 0.3 is 0 Å². The Kier molecular flexibility index (Phi) is 5.11. The minimum Gasteiger partial charge on any atom is -0.263 e. The summed E-state index contributed by atoms with van der Waals surface area (Å²) < 4.78 is 55.0. The zero-order chi connectivity index (χ0) is 20.0. The highest BCUT2D eigenvalue weighted by Gasteiger charge is 2.51. The lowest BCUT2D eigenvalue weighted by Gasteiger charge is -2.26. The Bertz CT molecular complexity index is 960. The lowest BCUT2D eigenvalue weighted by molar-refractivity contribution is 0.320. The normalized spacial score (nSPS) is 17.3. The molecule has 0 radical (unpaired) electrons. The van der Waals surface area contributed by atoms with E-state index in [4.69, 9.17) is 0 Å². The van der Waals surface area contributed by atoms with E-state index >= 15 is 0 Å². The molecule has 1 aromatic carbocycles. The molecule has 1 saturated carbocycles. The fourth-order valence-electron chi connectivity index (χ4n) is 3.34. The third-order valence-corrected chi connectivity index (χ3v) is 6.60. The zero-order valence-corrected chi connectivity index (χ0v) is 16.7. The molecule has 0 aliphatic heterocycles. The Morgan fingerprint density at radius 1 is 1.33 bits per heavy atom. The van der Waals surface area contributed by atoms with Crippen LogP contribution in [0.4, 0.5) is 8.78 Å². The number of halogens is 2. The van der Waals surface area contributed by atoms with Crippen molar-refractivity contribution in [2.24, 2.45) is 0 Å². The maximum Gasteiger partial charge on any atom is 0.211 e. The lowest BCUT2D eigenvalue weighted by atomic mass is 9.93. The molecule has 1 N–H and O–H groups in total. The van der Waals surface area contributed by atoms with Gasteiger partial charge in [0.2, 0.25) is 10.0 Å². The highest BCUT2D eigenvalue weighted by atomic mass is 32.2. The summed E-state index contributed by atoms with van der Waals surface area (Å²) in [7, 11) is -3.55. The number of H-pyrrole nitrogens is 1. The Balaban J connectivity index is 0.00000280. The molecule has 0 spiro atoms. The van der Waals surface area contributed by atoms with Gasteiger partial charge in [0.25, 0.3) is 0 Å². The van der Waals surface area contributed by atoms with Gasteiger partial charge in [0.05, 0.1) is 11.7 Å². The molecule has 0 bridgehead atoms. The molecule has 1 aromatic heterocycles. The summed E-state index contributed by atoms with van der Waals surface area (Å²) in [5, 5.41) is 6.86. The Morgan fingerprint density at radius 3 is 2.48 bits per heavy atom. The van der Waals surface area contributed by atoms with Gasteiger partial charge in [-0.25, -0.2) is 22.2 Å². The quantitative estimate of drug-likeness (QED) is 0.774. The van der Waals surface area contributed by atoms with Gasteiger partial charge in [-0.1, -0.05) is 6.92 Å². The van der Waals surface area contributed by atoms with Crippen molar-refractivity contribution in [1.29, 1.82) is 0 Å². The van der Waals surface area contributed by atoms with E-state index in [1.165, 1.54) is 10.4 Å². The summed E-state index contributed by atoms with van der Waals surface area (Å²) in [6.45, 7) is 5.14. The van der Waals surface area contributed by atoms with Gasteiger partial charge in [0.15, 0.2) is 5.82 Å². The molecule has 1 aliphatic carbocycles. The third-order valence-electron chi connectivity index (χ3n) is 5.26. The Morgan fingerprint density at radius 2 is 2.00 bits per heavy atom. The topological polar surface area (TPSA) is 79.0 Å². The molecule has 0 saturated heterocycles. The number of benzene rings is 1. The van der Waals surface area contributed by atoms with Crippen LogP contribution in [0.25, 0.3) is 0 Å². The summed E-state index contributed by atoms with van der Waals surface area (Å²) in [6, 6.07) is 1.96. The number of sulfonamides is 1. The van der Waals surface area contributed by atoms with E-state index in [0.29, 0.717) is 30.9 Å². The average Bonchev–Trinajstić information content (AvgIpc) is 3.28. The molecule has 9 heteroatoms. The molecule has 0 unspecified atom stereocenters. The first-order valence-corrected chi connectivity index (χ1v) is 10.8. The van der Waals surface area contributed by atoms with Crippen molar-refractivity contribution in [2.45, 2.75) is 58.0 Å². The summed E-state index contributed by atoms with van der Waals surface area (Å²) in [5.74, 6) is -0.111. The number of nitrogens with zero attached hydrogens (tertiary/aromatic N) is 3. The van der Waals surface area contributed by atoms with Crippen molar-refractivity contribution in [3.63, 3.8) is 0 Å². The molecule has 1 aliphatic rings. The van der Waals surface area contributed by atoms with Crippen LogP contribution in [0.1, 0.15) is 57.3 Å². The predicted octanol–water partition coefficient (Wildman–Crippen LogP) is 3.28. The number of aryl methyl sites for hydroxylation is 1. The van der Waals surface area contributed by atoms with Crippen molar-refractivity contribution < 1.29 is 18.6 Å². The number of aromatic nitrogens is 3. The minimum absolute atomic E-state index is 0. The lowest BCUT2D eigenvalue weighted by Crippen LogP contribution is -2.37. The van der Waals surface area contributed by atoms with Crippen LogP contribution >= 0.6 is 0 Å². The summed E-state index contributed by atoms with van der Waals surface area (Å²) in [6.07, 6.45) is 2.93. The van der Waals surface area contributed by atoms with E-state index in [0.717, 1.165) is 12.3 Å². The Hall–Kier alpha value is -1.87. The first kappa shape index (κ1) is 19.9. The van der Waals surface area contributed by atoms with E-state index in [1.807, 2.05) is 6.92 Å². The fraction of sp³-hybridized carbons (Fsp3) is 0.556. The first-order chi connectivity index (χ1) is 12.6. The molecule has 27 heavy (non-hydrogen) atoms. The molecule has 3 rings (SSSR count). The maximum atomic E-state index is 14.9. The first-order valence-electron chi connectivity index (χ1n) is 8.93. The number of hydrogen-bond acceptors (Lipinski definition) is 4. The van der Waals surface area contributed by atoms with Crippen LogP contribution < -0.4 is 0 Å². The van der Waals surface area contributed by atoms with E-state index in [-0.39, 0.29) is 25.1 Å². The van der Waals surface area contributed by atoms with Crippen molar-refractivity contribution >= 4 is 10.0 Å². The molecule has 1 fully saturated rings. The van der Waals surface area contributed by atoms with Crippen LogP contribution in [0, 0.1) is 18.6 Å². The second-order valence-corrected chi connectivity index (χ2v) is 9.25. The number of hydrogen-bond donors (Lipinski definition) is 1. The van der Waals surface area contributed by atoms with Crippen LogP contribution in [-0.4, -0.2) is 40.2 Å². The predicted molar refractivity (Wildman–Crippen MR) is 99.7 cm³/mol. The van der Waals surface area contributed by atoms with Crippen molar-refractivity contribution in [3.8, 4) is 0 Å². The molecule has 0 amide bonds. The van der Waals surface area contributed by atoms with Gasteiger partial charge in [0.1, 0.15) is 17.5 Å². The SMILES string of the molecule is CC[C@H](C)N(Cc1cc(F)c(C2(c3n[nH]c(C)n3)CC2)cc1F)S(C)(=O)=O.[HH].